The summed E-state index contributed by atoms with van der Waals surface area (Å²) < 4.78 is 0. The summed E-state index contributed by atoms with van der Waals surface area (Å²) in [5, 5.41) is 6.92. The van der Waals surface area contributed by atoms with E-state index < -0.39 is 0 Å². The van der Waals surface area contributed by atoms with E-state index in [1.165, 1.54) is 0 Å². The number of aromatic amines is 2. The molecule has 1 saturated heterocycles. The van der Waals surface area contributed by atoms with Gasteiger partial charge in [-0.3, -0.25) is 19.7 Å². The second kappa shape index (κ2) is 6.65. The minimum atomic E-state index is -0.140. The van der Waals surface area contributed by atoms with Crippen molar-refractivity contribution >= 4 is 5.91 Å². The Bertz CT molecular complexity index is 1130. The Kier molecular flexibility index (Phi) is 4.08. The summed E-state index contributed by atoms with van der Waals surface area (Å²) in [5.74, 6) is 0.519. The lowest BCUT2D eigenvalue weighted by atomic mass is 9.76. The Balaban J connectivity index is 1.42. The van der Waals surface area contributed by atoms with Crippen LogP contribution in [0.2, 0.25) is 0 Å². The van der Waals surface area contributed by atoms with Crippen molar-refractivity contribution in [1.29, 1.82) is 0 Å². The van der Waals surface area contributed by atoms with Gasteiger partial charge in [0.25, 0.3) is 11.5 Å². The van der Waals surface area contributed by atoms with Gasteiger partial charge in [0.1, 0.15) is 11.5 Å². The standard InChI is InChI=1S/C21H22N6O2/c1-13-11-16(26-25-13)20(29)27-9-6-21(7-10-27)5-4-15-17(21)23-18(24-19(15)28)14-3-2-8-22-12-14/h2-3,8,11-12H,4-7,9-10H2,1H3,(H,25,26)(H,23,24,28). The maximum absolute atomic E-state index is 12.7. The number of likely N-dealkylation sites (tertiary alicyclic amines) is 1. The molecule has 1 aliphatic carbocycles. The number of H-pyrrole nitrogens is 2. The molecule has 4 heterocycles. The second-order valence-electron chi connectivity index (χ2n) is 7.99. The van der Waals surface area contributed by atoms with E-state index in [2.05, 4.69) is 20.2 Å². The topological polar surface area (TPSA) is 108 Å². The Hall–Kier alpha value is -3.29. The molecule has 1 aliphatic heterocycles. The Morgan fingerprint density at radius 3 is 2.76 bits per heavy atom. The molecule has 0 atom stereocenters. The molecule has 2 N–H and O–H groups in total. The van der Waals surface area contributed by atoms with Gasteiger partial charge in [0.2, 0.25) is 0 Å². The zero-order valence-corrected chi connectivity index (χ0v) is 16.2. The van der Waals surface area contributed by atoms with Crippen molar-refractivity contribution in [3.63, 3.8) is 0 Å². The molecule has 0 bridgehead atoms. The number of carbonyl (C=O) groups is 1. The predicted octanol–water partition coefficient (Wildman–Crippen LogP) is 1.98. The highest BCUT2D eigenvalue weighted by Gasteiger charge is 2.44. The fraction of sp³-hybridized carbons (Fsp3) is 0.381. The van der Waals surface area contributed by atoms with Crippen molar-refractivity contribution in [2.24, 2.45) is 0 Å². The van der Waals surface area contributed by atoms with Crippen molar-refractivity contribution in [1.82, 2.24) is 30.0 Å². The lowest BCUT2D eigenvalue weighted by Crippen LogP contribution is -2.45. The highest BCUT2D eigenvalue weighted by molar-refractivity contribution is 5.92. The number of pyridine rings is 1. The van der Waals surface area contributed by atoms with Gasteiger partial charge >= 0.3 is 0 Å². The quantitative estimate of drug-likeness (QED) is 0.696. The molecule has 148 valence electrons. The van der Waals surface area contributed by atoms with E-state index in [1.807, 2.05) is 24.0 Å². The van der Waals surface area contributed by atoms with Gasteiger partial charge in [0.15, 0.2) is 0 Å². The van der Waals surface area contributed by atoms with Crippen molar-refractivity contribution < 1.29 is 4.79 Å². The largest absolute Gasteiger partial charge is 0.337 e. The molecule has 2 aliphatic rings. The van der Waals surface area contributed by atoms with Gasteiger partial charge in [-0.15, -0.1) is 0 Å². The van der Waals surface area contributed by atoms with Crippen LogP contribution in [0, 0.1) is 6.92 Å². The number of carbonyl (C=O) groups excluding carboxylic acids is 1. The Morgan fingerprint density at radius 1 is 1.24 bits per heavy atom. The zero-order valence-electron chi connectivity index (χ0n) is 16.2. The highest BCUT2D eigenvalue weighted by Crippen LogP contribution is 2.44. The first-order valence-electron chi connectivity index (χ1n) is 9.91. The number of hydrogen-bond donors (Lipinski definition) is 2. The Morgan fingerprint density at radius 2 is 2.07 bits per heavy atom. The first-order valence-corrected chi connectivity index (χ1v) is 9.91. The van der Waals surface area contributed by atoms with E-state index in [0.29, 0.717) is 24.6 Å². The van der Waals surface area contributed by atoms with Crippen molar-refractivity contribution in [2.45, 2.75) is 38.0 Å². The molecule has 8 nitrogen and oxygen atoms in total. The van der Waals surface area contributed by atoms with Gasteiger partial charge in [-0.1, -0.05) is 0 Å². The van der Waals surface area contributed by atoms with Crippen molar-refractivity contribution in [2.75, 3.05) is 13.1 Å². The Labute approximate surface area is 167 Å². The summed E-state index contributed by atoms with van der Waals surface area (Å²) in [6.07, 6.45) is 6.65. The van der Waals surface area contributed by atoms with Gasteiger partial charge in [-0.25, -0.2) is 4.98 Å². The van der Waals surface area contributed by atoms with Crippen LogP contribution in [0.4, 0.5) is 0 Å². The third kappa shape index (κ3) is 2.95. The molecule has 29 heavy (non-hydrogen) atoms. The van der Waals surface area contributed by atoms with Gasteiger partial charge in [-0.05, 0) is 50.8 Å². The number of hydrogen-bond acceptors (Lipinski definition) is 5. The summed E-state index contributed by atoms with van der Waals surface area (Å²) in [6.45, 7) is 3.16. The molecule has 0 aromatic carbocycles. The van der Waals surface area contributed by atoms with Crippen LogP contribution < -0.4 is 5.56 Å². The van der Waals surface area contributed by atoms with E-state index in [-0.39, 0.29) is 16.9 Å². The average Bonchev–Trinajstić information content (AvgIpc) is 3.33. The van der Waals surface area contributed by atoms with Crippen LogP contribution in [0.15, 0.2) is 35.4 Å². The van der Waals surface area contributed by atoms with Crippen LogP contribution in [0.25, 0.3) is 11.4 Å². The number of piperidine rings is 1. The summed E-state index contributed by atoms with van der Waals surface area (Å²) >= 11 is 0. The molecule has 1 amide bonds. The smallest absolute Gasteiger partial charge is 0.274 e. The zero-order chi connectivity index (χ0) is 20.0. The summed E-state index contributed by atoms with van der Waals surface area (Å²) in [6, 6.07) is 5.50. The molecule has 1 fully saturated rings. The first-order chi connectivity index (χ1) is 14.1. The van der Waals surface area contributed by atoms with Crippen molar-refractivity contribution in [3.8, 4) is 11.4 Å². The van der Waals surface area contributed by atoms with E-state index in [0.717, 1.165) is 48.2 Å². The molecule has 0 unspecified atom stereocenters. The van der Waals surface area contributed by atoms with Crippen molar-refractivity contribution in [3.05, 3.63) is 63.6 Å². The van der Waals surface area contributed by atoms with Gasteiger partial charge < -0.3 is 9.88 Å². The summed E-state index contributed by atoms with van der Waals surface area (Å²) in [7, 11) is 0. The SMILES string of the molecule is Cc1cc(C(=O)N2CCC3(CCc4c3nc(-c3cccnc3)[nH]c4=O)CC2)n[nH]1. The maximum atomic E-state index is 12.7. The molecular formula is C21H22N6O2. The van der Waals surface area contributed by atoms with E-state index in [1.54, 1.807) is 18.5 Å². The number of amides is 1. The molecule has 3 aromatic heterocycles. The molecular weight excluding hydrogens is 368 g/mol. The number of fused-ring (bicyclic) bond motifs is 2. The normalized spacial score (nSPS) is 17.5. The second-order valence-corrected chi connectivity index (χ2v) is 7.99. The summed E-state index contributed by atoms with van der Waals surface area (Å²) in [4.78, 5) is 39.2. The van der Waals surface area contributed by atoms with E-state index in [4.69, 9.17) is 4.98 Å². The monoisotopic (exact) mass is 390 g/mol. The maximum Gasteiger partial charge on any atom is 0.274 e. The van der Waals surface area contributed by atoms with Crippen LogP contribution in [-0.4, -0.2) is 49.0 Å². The third-order valence-corrected chi connectivity index (χ3v) is 6.24. The minimum absolute atomic E-state index is 0.0441. The fourth-order valence-electron chi connectivity index (χ4n) is 4.60. The van der Waals surface area contributed by atoms with Gasteiger partial charge in [-0.2, -0.15) is 5.10 Å². The van der Waals surface area contributed by atoms with E-state index in [9.17, 15) is 9.59 Å². The molecule has 0 saturated carbocycles. The number of nitrogens with zero attached hydrogens (tertiary/aromatic N) is 4. The first kappa shape index (κ1) is 17.8. The molecule has 3 aromatic rings. The molecule has 1 spiro atoms. The number of nitrogens with one attached hydrogen (secondary N) is 2. The van der Waals surface area contributed by atoms with E-state index >= 15 is 0 Å². The predicted molar refractivity (Wildman–Crippen MR) is 107 cm³/mol. The fourth-order valence-corrected chi connectivity index (χ4v) is 4.60. The van der Waals surface area contributed by atoms with Crippen LogP contribution >= 0.6 is 0 Å². The van der Waals surface area contributed by atoms with Gasteiger partial charge in [0.05, 0.1) is 5.69 Å². The number of aryl methyl sites for hydroxylation is 1. The minimum Gasteiger partial charge on any atom is -0.337 e. The van der Waals surface area contributed by atoms with Gasteiger partial charge in [0, 0.05) is 47.7 Å². The lowest BCUT2D eigenvalue weighted by Gasteiger charge is -2.39. The number of aromatic nitrogens is 5. The van der Waals surface area contributed by atoms with Crippen LogP contribution in [-0.2, 0) is 11.8 Å². The molecule has 0 radical (unpaired) electrons. The van der Waals surface area contributed by atoms with Crippen LogP contribution in [0.3, 0.4) is 0 Å². The third-order valence-electron chi connectivity index (χ3n) is 6.24. The van der Waals surface area contributed by atoms with Crippen LogP contribution in [0.1, 0.15) is 46.7 Å². The number of rotatable bonds is 2. The molecule has 5 rings (SSSR count). The van der Waals surface area contributed by atoms with Crippen LogP contribution in [0.5, 0.6) is 0 Å². The highest BCUT2D eigenvalue weighted by atomic mass is 16.2. The average molecular weight is 390 g/mol. The lowest BCUT2D eigenvalue weighted by molar-refractivity contribution is 0.0657. The molecule has 8 heteroatoms. The summed E-state index contributed by atoms with van der Waals surface area (Å²) in [5.41, 5.74) is 3.63.